The van der Waals surface area contributed by atoms with E-state index in [0.717, 1.165) is 0 Å². The lowest BCUT2D eigenvalue weighted by Crippen LogP contribution is -2.13. The Labute approximate surface area is 95.0 Å². The van der Waals surface area contributed by atoms with E-state index in [1.165, 1.54) is 12.1 Å². The molecule has 0 spiro atoms. The molecule has 5 nitrogen and oxygen atoms in total. The molecule has 0 heterocycles. The van der Waals surface area contributed by atoms with Crippen molar-refractivity contribution >= 4 is 21.6 Å². The van der Waals surface area contributed by atoms with Gasteiger partial charge in [0.25, 0.3) is 5.69 Å². The zero-order chi connectivity index (χ0) is 11.4. The van der Waals surface area contributed by atoms with Crippen LogP contribution in [0.5, 0.6) is 5.75 Å². The van der Waals surface area contributed by atoms with Gasteiger partial charge in [0.2, 0.25) is 0 Å². The first-order chi connectivity index (χ1) is 7.02. The van der Waals surface area contributed by atoms with Crippen LogP contribution in [0.2, 0.25) is 0 Å². The number of hydrogen-bond acceptors (Lipinski definition) is 4. The van der Waals surface area contributed by atoms with E-state index < -0.39 is 11.0 Å². The Morgan fingerprint density at radius 1 is 1.67 bits per heavy atom. The fourth-order valence-corrected chi connectivity index (χ4v) is 1.49. The van der Waals surface area contributed by atoms with Crippen LogP contribution < -0.4 is 4.74 Å². The molecular formula is C9H10BrNO4. The van der Waals surface area contributed by atoms with Crippen LogP contribution in [0.25, 0.3) is 0 Å². The number of nitrogens with zero attached hydrogens (tertiary/aromatic N) is 1. The number of ether oxygens (including phenoxy) is 1. The standard InChI is InChI=1S/C9H10BrNO4/c1-6(12)5-15-8-4-2-3-7(9(8)10)11(13)14/h2-4,6,12H,5H2,1H3/t6-/m1/s1. The van der Waals surface area contributed by atoms with Crippen LogP contribution in [0.1, 0.15) is 6.92 Å². The molecule has 82 valence electrons. The molecule has 1 atom stereocenters. The molecule has 0 amide bonds. The Morgan fingerprint density at radius 2 is 2.33 bits per heavy atom. The number of benzene rings is 1. The minimum absolute atomic E-state index is 0.0573. The third-order valence-electron chi connectivity index (χ3n) is 1.62. The first-order valence-electron chi connectivity index (χ1n) is 4.26. The van der Waals surface area contributed by atoms with Crippen LogP contribution in [0.4, 0.5) is 5.69 Å². The Balaban J connectivity index is 2.89. The molecule has 1 N–H and O–H groups in total. The number of nitro groups is 1. The van der Waals surface area contributed by atoms with Gasteiger partial charge in [-0.05, 0) is 28.9 Å². The van der Waals surface area contributed by atoms with E-state index in [1.54, 1.807) is 13.0 Å². The van der Waals surface area contributed by atoms with Gasteiger partial charge in [0.05, 0.1) is 11.0 Å². The maximum atomic E-state index is 10.6. The summed E-state index contributed by atoms with van der Waals surface area (Å²) in [5.74, 6) is 0.352. The highest BCUT2D eigenvalue weighted by molar-refractivity contribution is 9.10. The molecule has 15 heavy (non-hydrogen) atoms. The van der Waals surface area contributed by atoms with Gasteiger partial charge in [0.1, 0.15) is 16.8 Å². The third-order valence-corrected chi connectivity index (χ3v) is 2.42. The summed E-state index contributed by atoms with van der Waals surface area (Å²) in [6.45, 7) is 1.67. The van der Waals surface area contributed by atoms with Crippen molar-refractivity contribution in [1.29, 1.82) is 0 Å². The van der Waals surface area contributed by atoms with E-state index in [9.17, 15) is 10.1 Å². The van der Waals surface area contributed by atoms with Gasteiger partial charge in [0, 0.05) is 6.07 Å². The summed E-state index contributed by atoms with van der Waals surface area (Å²) >= 11 is 3.08. The predicted octanol–water partition coefficient (Wildman–Crippen LogP) is 2.12. The van der Waals surface area contributed by atoms with Gasteiger partial charge < -0.3 is 9.84 Å². The van der Waals surface area contributed by atoms with E-state index in [4.69, 9.17) is 9.84 Å². The second-order valence-corrected chi connectivity index (χ2v) is 3.80. The van der Waals surface area contributed by atoms with Gasteiger partial charge in [-0.3, -0.25) is 10.1 Å². The fraction of sp³-hybridized carbons (Fsp3) is 0.333. The number of halogens is 1. The van der Waals surface area contributed by atoms with Gasteiger partial charge >= 0.3 is 0 Å². The Bertz CT molecular complexity index is 367. The summed E-state index contributed by atoms with van der Waals surface area (Å²) in [4.78, 5) is 10.1. The van der Waals surface area contributed by atoms with Crippen LogP contribution in [0.15, 0.2) is 22.7 Å². The molecule has 0 fully saturated rings. The van der Waals surface area contributed by atoms with Gasteiger partial charge in [-0.25, -0.2) is 0 Å². The normalized spacial score (nSPS) is 12.2. The number of rotatable bonds is 4. The third kappa shape index (κ3) is 3.17. The SMILES string of the molecule is C[C@@H](O)COc1cccc([N+](=O)[O-])c1Br. The maximum absolute atomic E-state index is 10.6. The highest BCUT2D eigenvalue weighted by atomic mass is 79.9. The molecule has 1 aromatic rings. The summed E-state index contributed by atoms with van der Waals surface area (Å²) in [7, 11) is 0. The summed E-state index contributed by atoms with van der Waals surface area (Å²) in [5, 5.41) is 19.6. The molecule has 0 aliphatic rings. The van der Waals surface area contributed by atoms with Crippen molar-refractivity contribution in [3.05, 3.63) is 32.8 Å². The molecule has 0 aliphatic carbocycles. The zero-order valence-corrected chi connectivity index (χ0v) is 9.60. The monoisotopic (exact) mass is 275 g/mol. The fourth-order valence-electron chi connectivity index (χ4n) is 0.962. The average Bonchev–Trinajstić information content (AvgIpc) is 2.15. The highest BCUT2D eigenvalue weighted by Crippen LogP contribution is 2.33. The smallest absolute Gasteiger partial charge is 0.287 e. The highest BCUT2D eigenvalue weighted by Gasteiger charge is 2.15. The molecule has 0 aliphatic heterocycles. The Morgan fingerprint density at radius 3 is 2.87 bits per heavy atom. The molecule has 0 aromatic heterocycles. The number of hydrogen-bond donors (Lipinski definition) is 1. The second-order valence-electron chi connectivity index (χ2n) is 3.01. The van der Waals surface area contributed by atoms with Crippen LogP contribution >= 0.6 is 15.9 Å². The van der Waals surface area contributed by atoms with Crippen molar-refractivity contribution in [2.45, 2.75) is 13.0 Å². The molecule has 1 aromatic carbocycles. The van der Waals surface area contributed by atoms with E-state index >= 15 is 0 Å². The first-order valence-corrected chi connectivity index (χ1v) is 5.05. The summed E-state index contributed by atoms with van der Waals surface area (Å²) in [6, 6.07) is 4.50. The lowest BCUT2D eigenvalue weighted by Gasteiger charge is -2.09. The lowest BCUT2D eigenvalue weighted by atomic mass is 10.3. The van der Waals surface area contributed by atoms with Crippen LogP contribution in [0, 0.1) is 10.1 Å². The minimum atomic E-state index is -0.615. The number of aliphatic hydroxyl groups excluding tert-OH is 1. The zero-order valence-electron chi connectivity index (χ0n) is 8.01. The van der Waals surface area contributed by atoms with Gasteiger partial charge in [-0.15, -0.1) is 0 Å². The van der Waals surface area contributed by atoms with Gasteiger partial charge in [-0.2, -0.15) is 0 Å². The summed E-state index contributed by atoms with van der Waals surface area (Å²) < 4.78 is 5.48. The summed E-state index contributed by atoms with van der Waals surface area (Å²) in [6.07, 6.45) is -0.615. The van der Waals surface area contributed by atoms with Crippen LogP contribution in [-0.2, 0) is 0 Å². The van der Waals surface area contributed by atoms with Crippen molar-refractivity contribution in [3.63, 3.8) is 0 Å². The topological polar surface area (TPSA) is 72.6 Å². The largest absolute Gasteiger partial charge is 0.489 e. The molecule has 0 saturated heterocycles. The number of nitro benzene ring substituents is 1. The van der Waals surface area contributed by atoms with Crippen molar-refractivity contribution in [1.82, 2.24) is 0 Å². The molecule has 6 heteroatoms. The van der Waals surface area contributed by atoms with Crippen LogP contribution in [-0.4, -0.2) is 22.7 Å². The minimum Gasteiger partial charge on any atom is -0.489 e. The molecule has 0 bridgehead atoms. The van der Waals surface area contributed by atoms with Gasteiger partial charge in [-0.1, -0.05) is 6.07 Å². The molecule has 1 rings (SSSR count). The van der Waals surface area contributed by atoms with Gasteiger partial charge in [0.15, 0.2) is 0 Å². The Hall–Kier alpha value is -1.14. The lowest BCUT2D eigenvalue weighted by molar-refractivity contribution is -0.385. The summed E-state index contributed by atoms with van der Waals surface area (Å²) in [5.41, 5.74) is -0.0573. The van der Waals surface area contributed by atoms with E-state index in [0.29, 0.717) is 5.75 Å². The molecule has 0 saturated carbocycles. The average molecular weight is 276 g/mol. The van der Waals surface area contributed by atoms with Crippen molar-refractivity contribution < 1.29 is 14.8 Å². The molecule has 0 unspecified atom stereocenters. The number of aliphatic hydroxyl groups is 1. The maximum Gasteiger partial charge on any atom is 0.287 e. The van der Waals surface area contributed by atoms with E-state index in [-0.39, 0.29) is 16.8 Å². The van der Waals surface area contributed by atoms with Crippen molar-refractivity contribution in [2.24, 2.45) is 0 Å². The molecular weight excluding hydrogens is 266 g/mol. The Kier molecular flexibility index (Phi) is 4.05. The molecule has 0 radical (unpaired) electrons. The first kappa shape index (κ1) is 11.9. The van der Waals surface area contributed by atoms with E-state index in [2.05, 4.69) is 15.9 Å². The predicted molar refractivity (Wildman–Crippen MR) is 58.0 cm³/mol. The van der Waals surface area contributed by atoms with Crippen molar-refractivity contribution in [2.75, 3.05) is 6.61 Å². The van der Waals surface area contributed by atoms with E-state index in [1.807, 2.05) is 0 Å². The van der Waals surface area contributed by atoms with Crippen LogP contribution in [0.3, 0.4) is 0 Å². The second kappa shape index (κ2) is 5.09. The quantitative estimate of drug-likeness (QED) is 0.675. The van der Waals surface area contributed by atoms with Crippen molar-refractivity contribution in [3.8, 4) is 5.75 Å².